The average molecular weight is 301 g/mol. The zero-order valence-corrected chi connectivity index (χ0v) is 10.5. The lowest BCUT2D eigenvalue weighted by Gasteiger charge is -2.17. The third-order valence-corrected chi connectivity index (χ3v) is 2.38. The summed E-state index contributed by atoms with van der Waals surface area (Å²) >= 11 is 0. The van der Waals surface area contributed by atoms with Crippen molar-refractivity contribution in [3.8, 4) is 5.75 Å². The molecule has 0 aliphatic carbocycles. The summed E-state index contributed by atoms with van der Waals surface area (Å²) in [5.74, 6) is -0.424. The second-order valence-electron chi connectivity index (χ2n) is 4.26. The van der Waals surface area contributed by atoms with Gasteiger partial charge in [0, 0.05) is 18.2 Å². The van der Waals surface area contributed by atoms with E-state index in [0.29, 0.717) is 0 Å². The first-order valence-electron chi connectivity index (χ1n) is 5.70. The van der Waals surface area contributed by atoms with E-state index in [0.717, 1.165) is 6.07 Å². The molecule has 20 heavy (non-hydrogen) atoms. The van der Waals surface area contributed by atoms with Gasteiger partial charge in [0.2, 0.25) is 0 Å². The van der Waals surface area contributed by atoms with Crippen molar-refractivity contribution in [2.75, 3.05) is 0 Å². The van der Waals surface area contributed by atoms with Crippen LogP contribution >= 0.6 is 0 Å². The van der Waals surface area contributed by atoms with Gasteiger partial charge in [0.05, 0.1) is 6.42 Å². The number of ether oxygens (including phenoxy) is 1. The van der Waals surface area contributed by atoms with Crippen molar-refractivity contribution < 1.29 is 31.1 Å². The van der Waals surface area contributed by atoms with E-state index in [9.17, 15) is 26.3 Å². The number of benzene rings is 1. The normalized spacial score (nSPS) is 14.2. The minimum Gasteiger partial charge on any atom is -0.405 e. The minimum absolute atomic E-state index is 0.138. The van der Waals surface area contributed by atoms with Crippen molar-refractivity contribution in [1.82, 2.24) is 5.32 Å². The largest absolute Gasteiger partial charge is 0.573 e. The van der Waals surface area contributed by atoms with Crippen LogP contribution in [0.1, 0.15) is 18.9 Å². The molecule has 1 aromatic carbocycles. The lowest BCUT2D eigenvalue weighted by Crippen LogP contribution is -2.31. The molecule has 1 rings (SSSR count). The highest BCUT2D eigenvalue weighted by Crippen LogP contribution is 2.26. The van der Waals surface area contributed by atoms with Crippen LogP contribution in [0.15, 0.2) is 24.3 Å². The van der Waals surface area contributed by atoms with E-state index in [-0.39, 0.29) is 12.1 Å². The molecule has 0 fully saturated rings. The molecule has 0 saturated heterocycles. The molecule has 0 aliphatic heterocycles. The molecule has 1 atom stereocenters. The molecule has 1 unspecified atom stereocenters. The van der Waals surface area contributed by atoms with Gasteiger partial charge in [-0.05, 0) is 13.0 Å². The van der Waals surface area contributed by atoms with Crippen LogP contribution in [-0.4, -0.2) is 18.6 Å². The smallest absolute Gasteiger partial charge is 0.405 e. The number of nitrogens with one attached hydrogen (secondary N) is 1. The second-order valence-corrected chi connectivity index (χ2v) is 4.26. The van der Waals surface area contributed by atoms with Gasteiger partial charge in [-0.15, -0.1) is 13.2 Å². The first-order valence-corrected chi connectivity index (χ1v) is 5.70. The predicted octanol–water partition coefficient (Wildman–Crippen LogP) is 4.02. The van der Waals surface area contributed by atoms with Gasteiger partial charge in [0.1, 0.15) is 5.75 Å². The maximum Gasteiger partial charge on any atom is 0.573 e. The van der Waals surface area contributed by atoms with E-state index in [1.165, 1.54) is 25.1 Å². The van der Waals surface area contributed by atoms with Crippen LogP contribution in [-0.2, 0) is 6.54 Å². The van der Waals surface area contributed by atoms with E-state index in [2.05, 4.69) is 10.1 Å². The number of alkyl halides is 6. The maximum absolute atomic E-state index is 12.2. The molecular weight excluding hydrogens is 288 g/mol. The van der Waals surface area contributed by atoms with Crippen molar-refractivity contribution >= 4 is 0 Å². The van der Waals surface area contributed by atoms with Crippen LogP contribution in [0, 0.1) is 0 Å². The Balaban J connectivity index is 2.64. The molecular formula is C12H13F6NO. The van der Waals surface area contributed by atoms with Crippen LogP contribution in [0.3, 0.4) is 0 Å². The van der Waals surface area contributed by atoms with Crippen molar-refractivity contribution in [1.29, 1.82) is 0 Å². The SMILES string of the molecule is CC(CC(F)(F)F)NCc1ccccc1OC(F)(F)F. The van der Waals surface area contributed by atoms with Gasteiger partial charge < -0.3 is 10.1 Å². The molecule has 0 aliphatic rings. The third kappa shape index (κ3) is 6.65. The van der Waals surface area contributed by atoms with Gasteiger partial charge in [-0.1, -0.05) is 18.2 Å². The van der Waals surface area contributed by atoms with Gasteiger partial charge >= 0.3 is 12.5 Å². The summed E-state index contributed by atoms with van der Waals surface area (Å²) in [5, 5.41) is 2.51. The van der Waals surface area contributed by atoms with Gasteiger partial charge in [0.25, 0.3) is 0 Å². The molecule has 0 spiro atoms. The Labute approximate surface area is 111 Å². The Hall–Kier alpha value is -1.44. The predicted molar refractivity (Wildman–Crippen MR) is 60.1 cm³/mol. The Morgan fingerprint density at radius 3 is 2.25 bits per heavy atom. The van der Waals surface area contributed by atoms with E-state index in [4.69, 9.17) is 0 Å². The molecule has 114 valence electrons. The lowest BCUT2D eigenvalue weighted by molar-refractivity contribution is -0.274. The van der Waals surface area contributed by atoms with E-state index < -0.39 is 30.8 Å². The summed E-state index contributed by atoms with van der Waals surface area (Å²) < 4.78 is 76.6. The van der Waals surface area contributed by atoms with Crippen molar-refractivity contribution in [2.24, 2.45) is 0 Å². The fraction of sp³-hybridized carbons (Fsp3) is 0.500. The molecule has 0 aromatic heterocycles. The van der Waals surface area contributed by atoms with Gasteiger partial charge in [-0.3, -0.25) is 0 Å². The quantitative estimate of drug-likeness (QED) is 0.830. The Morgan fingerprint density at radius 1 is 1.10 bits per heavy atom. The highest BCUT2D eigenvalue weighted by atomic mass is 19.4. The van der Waals surface area contributed by atoms with E-state index in [1.807, 2.05) is 0 Å². The summed E-state index contributed by atoms with van der Waals surface area (Å²) in [5.41, 5.74) is 0.138. The molecule has 0 bridgehead atoms. The summed E-state index contributed by atoms with van der Waals surface area (Å²) in [6.45, 7) is 1.16. The van der Waals surface area contributed by atoms with Crippen molar-refractivity contribution in [2.45, 2.75) is 38.5 Å². The Bertz CT molecular complexity index is 429. The van der Waals surface area contributed by atoms with E-state index >= 15 is 0 Å². The lowest BCUT2D eigenvalue weighted by atomic mass is 10.1. The topological polar surface area (TPSA) is 21.3 Å². The standard InChI is InChI=1S/C12H13F6NO/c1-8(6-11(13,14)15)19-7-9-4-2-3-5-10(9)20-12(16,17)18/h2-5,8,19H,6-7H2,1H3. The van der Waals surface area contributed by atoms with E-state index in [1.54, 1.807) is 0 Å². The average Bonchev–Trinajstić information content (AvgIpc) is 2.23. The number of rotatable bonds is 5. The number of para-hydroxylation sites is 1. The minimum atomic E-state index is -4.84. The first kappa shape index (κ1) is 16.6. The Morgan fingerprint density at radius 2 is 1.70 bits per heavy atom. The Kier molecular flexibility index (Phi) is 5.27. The molecule has 2 nitrogen and oxygen atoms in total. The number of hydrogen-bond acceptors (Lipinski definition) is 2. The molecule has 0 amide bonds. The summed E-state index contributed by atoms with van der Waals surface area (Å²) in [4.78, 5) is 0. The van der Waals surface area contributed by atoms with Crippen LogP contribution in [0.2, 0.25) is 0 Å². The summed E-state index contributed by atoms with van der Waals surface area (Å²) in [7, 11) is 0. The molecule has 1 N–H and O–H groups in total. The molecule has 0 saturated carbocycles. The maximum atomic E-state index is 12.2. The van der Waals surface area contributed by atoms with Crippen LogP contribution < -0.4 is 10.1 Å². The molecule has 8 heteroatoms. The second kappa shape index (κ2) is 6.34. The van der Waals surface area contributed by atoms with Crippen molar-refractivity contribution in [3.05, 3.63) is 29.8 Å². The van der Waals surface area contributed by atoms with Gasteiger partial charge in [-0.2, -0.15) is 13.2 Å². The zero-order valence-electron chi connectivity index (χ0n) is 10.5. The fourth-order valence-electron chi connectivity index (χ4n) is 1.58. The van der Waals surface area contributed by atoms with Crippen LogP contribution in [0.5, 0.6) is 5.75 Å². The van der Waals surface area contributed by atoms with Gasteiger partial charge in [-0.25, -0.2) is 0 Å². The molecule has 0 heterocycles. The molecule has 1 aromatic rings. The highest BCUT2D eigenvalue weighted by Gasteiger charge is 2.32. The van der Waals surface area contributed by atoms with Gasteiger partial charge in [0.15, 0.2) is 0 Å². The molecule has 0 radical (unpaired) electrons. The summed E-state index contributed by atoms with van der Waals surface area (Å²) in [6.07, 6.45) is -10.2. The fourth-order valence-corrected chi connectivity index (χ4v) is 1.58. The summed E-state index contributed by atoms with van der Waals surface area (Å²) in [6, 6.07) is 4.39. The number of hydrogen-bond donors (Lipinski definition) is 1. The number of halogens is 6. The highest BCUT2D eigenvalue weighted by molar-refractivity contribution is 5.33. The first-order chi connectivity index (χ1) is 9.07. The monoisotopic (exact) mass is 301 g/mol. The van der Waals surface area contributed by atoms with Crippen molar-refractivity contribution in [3.63, 3.8) is 0 Å². The van der Waals surface area contributed by atoms with Crippen LogP contribution in [0.25, 0.3) is 0 Å². The third-order valence-electron chi connectivity index (χ3n) is 2.38. The zero-order chi connectivity index (χ0) is 15.4. The van der Waals surface area contributed by atoms with Crippen LogP contribution in [0.4, 0.5) is 26.3 Å².